The molecule has 1 N–H and O–H groups in total. The topological polar surface area (TPSA) is 46.5 Å². The predicted molar refractivity (Wildman–Crippen MR) is 69.0 cm³/mol. The van der Waals surface area contributed by atoms with Gasteiger partial charge in [0.1, 0.15) is 5.76 Å². The van der Waals surface area contributed by atoms with E-state index in [2.05, 4.69) is 0 Å². The zero-order valence-electron chi connectivity index (χ0n) is 11.2. The van der Waals surface area contributed by atoms with Gasteiger partial charge >= 0.3 is 0 Å². The molecule has 0 heterocycles. The summed E-state index contributed by atoms with van der Waals surface area (Å²) in [4.78, 5) is 12.0. The molecule has 96 valence electrons. The first-order valence-corrected chi connectivity index (χ1v) is 6.09. The van der Waals surface area contributed by atoms with Gasteiger partial charge in [-0.25, -0.2) is 0 Å². The van der Waals surface area contributed by atoms with E-state index in [-0.39, 0.29) is 11.9 Å². The number of aliphatic hydroxyl groups is 1. The van der Waals surface area contributed by atoms with Crippen LogP contribution in [0.3, 0.4) is 0 Å². The molecule has 0 amide bonds. The Morgan fingerprint density at radius 1 is 1.17 bits per heavy atom. The lowest BCUT2D eigenvalue weighted by Gasteiger charge is -2.39. The third kappa shape index (κ3) is 1.75. The summed E-state index contributed by atoms with van der Waals surface area (Å²) in [6.45, 7) is 7.39. The molecule has 1 unspecified atom stereocenters. The highest BCUT2D eigenvalue weighted by Gasteiger charge is 2.54. The lowest BCUT2D eigenvalue weighted by atomic mass is 9.73. The summed E-state index contributed by atoms with van der Waals surface area (Å²) in [6.07, 6.45) is -0.0694. The van der Waals surface area contributed by atoms with Gasteiger partial charge in [0.25, 0.3) is 0 Å². The van der Waals surface area contributed by atoms with Gasteiger partial charge in [0.05, 0.1) is 6.10 Å². The van der Waals surface area contributed by atoms with E-state index in [1.807, 2.05) is 32.9 Å². The molecule has 1 atom stereocenters. The molecule has 2 rings (SSSR count). The van der Waals surface area contributed by atoms with Crippen molar-refractivity contribution in [3.8, 4) is 0 Å². The SMILES string of the molecule is CC1=C(OC(C)C)C(O)(c2ccc(C)cc2)C1=O. The van der Waals surface area contributed by atoms with E-state index in [1.54, 1.807) is 19.1 Å². The Hall–Kier alpha value is -1.61. The first kappa shape index (κ1) is 12.8. The summed E-state index contributed by atoms with van der Waals surface area (Å²) in [6, 6.07) is 7.29. The highest BCUT2D eigenvalue weighted by Crippen LogP contribution is 2.44. The van der Waals surface area contributed by atoms with Gasteiger partial charge in [-0.2, -0.15) is 0 Å². The van der Waals surface area contributed by atoms with E-state index in [0.717, 1.165) is 5.56 Å². The zero-order chi connectivity index (χ0) is 13.5. The Bertz CT molecular complexity index is 511. The van der Waals surface area contributed by atoms with Gasteiger partial charge in [0.2, 0.25) is 11.4 Å². The number of carbonyl (C=O) groups excluding carboxylic acids is 1. The van der Waals surface area contributed by atoms with Crippen molar-refractivity contribution < 1.29 is 14.6 Å². The van der Waals surface area contributed by atoms with Gasteiger partial charge in [0.15, 0.2) is 0 Å². The molecule has 1 aromatic carbocycles. The Kier molecular flexibility index (Phi) is 3.03. The van der Waals surface area contributed by atoms with E-state index >= 15 is 0 Å². The summed E-state index contributed by atoms with van der Waals surface area (Å²) in [5.41, 5.74) is 0.564. The highest BCUT2D eigenvalue weighted by molar-refractivity contribution is 6.11. The van der Waals surface area contributed by atoms with Crippen LogP contribution in [-0.4, -0.2) is 17.0 Å². The van der Waals surface area contributed by atoms with Crippen molar-refractivity contribution in [3.05, 3.63) is 46.7 Å². The van der Waals surface area contributed by atoms with Crippen LogP contribution in [0.4, 0.5) is 0 Å². The fourth-order valence-electron chi connectivity index (χ4n) is 2.15. The standard InChI is InChI=1S/C15H18O3/c1-9(2)18-14-11(4)13(16)15(14,17)12-7-5-10(3)6-8-12/h5-9,17H,1-4H3. The van der Waals surface area contributed by atoms with E-state index in [9.17, 15) is 9.90 Å². The predicted octanol–water partition coefficient (Wildman–Crippen LogP) is 2.46. The second-order valence-corrected chi connectivity index (χ2v) is 5.03. The average Bonchev–Trinajstić information content (AvgIpc) is 2.35. The number of Topliss-reactive ketones (excluding diaryl/α,β-unsaturated/α-hetero) is 1. The van der Waals surface area contributed by atoms with Crippen LogP contribution in [0.15, 0.2) is 35.6 Å². The Labute approximate surface area is 107 Å². The van der Waals surface area contributed by atoms with Gasteiger partial charge in [-0.3, -0.25) is 4.79 Å². The highest BCUT2D eigenvalue weighted by atomic mass is 16.5. The molecular formula is C15H18O3. The Balaban J connectivity index is 2.42. The average molecular weight is 246 g/mol. The molecule has 1 aromatic rings. The van der Waals surface area contributed by atoms with Crippen LogP contribution in [0.1, 0.15) is 31.9 Å². The van der Waals surface area contributed by atoms with Crippen molar-refractivity contribution in [1.29, 1.82) is 0 Å². The number of rotatable bonds is 3. The monoisotopic (exact) mass is 246 g/mol. The number of hydrogen-bond acceptors (Lipinski definition) is 3. The molecule has 0 bridgehead atoms. The molecule has 3 nitrogen and oxygen atoms in total. The van der Waals surface area contributed by atoms with Crippen LogP contribution in [0.25, 0.3) is 0 Å². The van der Waals surface area contributed by atoms with Crippen LogP contribution < -0.4 is 0 Å². The maximum Gasteiger partial charge on any atom is 0.210 e. The quantitative estimate of drug-likeness (QED) is 0.891. The van der Waals surface area contributed by atoms with Gasteiger partial charge in [0, 0.05) is 5.57 Å². The first-order valence-electron chi connectivity index (χ1n) is 6.09. The minimum atomic E-state index is -1.60. The molecular weight excluding hydrogens is 228 g/mol. The van der Waals surface area contributed by atoms with Crippen LogP contribution in [0.2, 0.25) is 0 Å². The maximum absolute atomic E-state index is 12.0. The summed E-state index contributed by atoms with van der Waals surface area (Å²) in [5.74, 6) is 0.105. The van der Waals surface area contributed by atoms with E-state index in [0.29, 0.717) is 16.9 Å². The Morgan fingerprint density at radius 2 is 1.72 bits per heavy atom. The van der Waals surface area contributed by atoms with Crippen LogP contribution in [0.5, 0.6) is 0 Å². The van der Waals surface area contributed by atoms with Crippen LogP contribution in [0, 0.1) is 6.92 Å². The molecule has 0 aliphatic heterocycles. The molecule has 1 aliphatic rings. The number of hydrogen-bond donors (Lipinski definition) is 1. The minimum Gasteiger partial charge on any atom is -0.491 e. The maximum atomic E-state index is 12.0. The third-order valence-corrected chi connectivity index (χ3v) is 3.16. The summed E-state index contributed by atoms with van der Waals surface area (Å²) >= 11 is 0. The van der Waals surface area contributed by atoms with Crippen LogP contribution >= 0.6 is 0 Å². The van der Waals surface area contributed by atoms with Gasteiger partial charge in [-0.15, -0.1) is 0 Å². The number of benzene rings is 1. The number of aryl methyl sites for hydroxylation is 1. The van der Waals surface area contributed by atoms with Gasteiger partial charge in [-0.05, 0) is 33.3 Å². The van der Waals surface area contributed by atoms with E-state index < -0.39 is 5.60 Å². The summed E-state index contributed by atoms with van der Waals surface area (Å²) in [5, 5.41) is 10.6. The van der Waals surface area contributed by atoms with Crippen molar-refractivity contribution >= 4 is 5.78 Å². The molecule has 18 heavy (non-hydrogen) atoms. The van der Waals surface area contributed by atoms with Gasteiger partial charge in [-0.1, -0.05) is 29.8 Å². The molecule has 3 heteroatoms. The third-order valence-electron chi connectivity index (χ3n) is 3.16. The smallest absolute Gasteiger partial charge is 0.210 e. The summed E-state index contributed by atoms with van der Waals surface area (Å²) in [7, 11) is 0. The zero-order valence-corrected chi connectivity index (χ0v) is 11.2. The van der Waals surface area contributed by atoms with E-state index in [1.165, 1.54) is 0 Å². The minimum absolute atomic E-state index is 0.0694. The molecule has 0 radical (unpaired) electrons. The van der Waals surface area contributed by atoms with Crippen molar-refractivity contribution in [1.82, 2.24) is 0 Å². The van der Waals surface area contributed by atoms with Crippen molar-refractivity contribution in [2.75, 3.05) is 0 Å². The van der Waals surface area contributed by atoms with Crippen molar-refractivity contribution in [2.45, 2.75) is 39.4 Å². The summed E-state index contributed by atoms with van der Waals surface area (Å²) < 4.78 is 5.58. The Morgan fingerprint density at radius 3 is 2.22 bits per heavy atom. The first-order chi connectivity index (χ1) is 8.37. The normalized spacial score (nSPS) is 23.3. The molecule has 0 fully saturated rings. The van der Waals surface area contributed by atoms with E-state index in [4.69, 9.17) is 4.74 Å². The number of ketones is 1. The lowest BCUT2D eigenvalue weighted by Crippen LogP contribution is -2.49. The van der Waals surface area contributed by atoms with Crippen molar-refractivity contribution in [2.24, 2.45) is 0 Å². The largest absolute Gasteiger partial charge is 0.491 e. The molecule has 0 saturated heterocycles. The second-order valence-electron chi connectivity index (χ2n) is 5.03. The van der Waals surface area contributed by atoms with Crippen molar-refractivity contribution in [3.63, 3.8) is 0 Å². The second kappa shape index (κ2) is 4.25. The number of carbonyl (C=O) groups is 1. The van der Waals surface area contributed by atoms with Gasteiger partial charge < -0.3 is 9.84 Å². The molecule has 0 spiro atoms. The molecule has 1 aliphatic carbocycles. The fraction of sp³-hybridized carbons (Fsp3) is 0.400. The fourth-order valence-corrected chi connectivity index (χ4v) is 2.15. The molecule has 0 saturated carbocycles. The number of ether oxygens (including phenoxy) is 1. The lowest BCUT2D eigenvalue weighted by molar-refractivity contribution is -0.142. The van der Waals surface area contributed by atoms with Crippen LogP contribution in [-0.2, 0) is 15.1 Å². The molecule has 0 aromatic heterocycles.